The quantitative estimate of drug-likeness (QED) is 0.932. The molecule has 1 aromatic carbocycles. The van der Waals surface area contributed by atoms with Crippen molar-refractivity contribution in [1.29, 1.82) is 0 Å². The molecule has 0 saturated carbocycles. The highest BCUT2D eigenvalue weighted by Crippen LogP contribution is 2.22. The van der Waals surface area contributed by atoms with E-state index in [-0.39, 0.29) is 17.8 Å². The van der Waals surface area contributed by atoms with E-state index in [1.807, 2.05) is 19.2 Å². The van der Waals surface area contributed by atoms with Crippen LogP contribution in [0.2, 0.25) is 0 Å². The minimum atomic E-state index is -0.273. The molecule has 3 rings (SSSR count). The summed E-state index contributed by atoms with van der Waals surface area (Å²) in [6.45, 7) is 1.33. The lowest BCUT2D eigenvalue weighted by molar-refractivity contribution is -0.126. The van der Waals surface area contributed by atoms with Crippen LogP contribution in [0.1, 0.15) is 31.4 Å². The number of amides is 1. The van der Waals surface area contributed by atoms with Crippen molar-refractivity contribution in [2.24, 2.45) is 0 Å². The Morgan fingerprint density at radius 3 is 2.79 bits per heavy atom. The summed E-state index contributed by atoms with van der Waals surface area (Å²) in [6.07, 6.45) is 4.34. The molecular formula is C19H23FN2O2. The summed E-state index contributed by atoms with van der Waals surface area (Å²) in [6, 6.07) is 9.79. The van der Waals surface area contributed by atoms with Gasteiger partial charge in [-0.2, -0.15) is 0 Å². The van der Waals surface area contributed by atoms with Crippen LogP contribution >= 0.6 is 0 Å². The molecule has 1 amide bonds. The third-order valence-corrected chi connectivity index (χ3v) is 4.55. The number of halogens is 1. The summed E-state index contributed by atoms with van der Waals surface area (Å²) in [5.74, 6) is 1.15. The van der Waals surface area contributed by atoms with Crippen molar-refractivity contribution in [1.82, 2.24) is 10.2 Å². The lowest BCUT2D eigenvalue weighted by Gasteiger charge is -2.24. The molecule has 1 aliphatic heterocycles. The van der Waals surface area contributed by atoms with Crippen LogP contribution in [0.5, 0.6) is 0 Å². The van der Waals surface area contributed by atoms with Gasteiger partial charge in [0.1, 0.15) is 17.3 Å². The van der Waals surface area contributed by atoms with Crippen LogP contribution in [0.15, 0.2) is 40.8 Å². The molecule has 1 unspecified atom stereocenters. The van der Waals surface area contributed by atoms with E-state index < -0.39 is 0 Å². The number of nitrogens with one attached hydrogen (secondary N) is 1. The van der Waals surface area contributed by atoms with Gasteiger partial charge in [-0.1, -0.05) is 12.8 Å². The van der Waals surface area contributed by atoms with Crippen LogP contribution in [-0.4, -0.2) is 30.4 Å². The third-order valence-electron chi connectivity index (χ3n) is 4.55. The van der Waals surface area contributed by atoms with Gasteiger partial charge in [-0.25, -0.2) is 4.39 Å². The first-order valence-electron chi connectivity index (χ1n) is 8.46. The zero-order valence-electron chi connectivity index (χ0n) is 13.9. The average Bonchev–Trinajstić information content (AvgIpc) is 2.95. The summed E-state index contributed by atoms with van der Waals surface area (Å²) in [5.41, 5.74) is 0.817. The molecule has 1 aliphatic rings. The fourth-order valence-corrected chi connectivity index (χ4v) is 3.12. The second-order valence-corrected chi connectivity index (χ2v) is 6.34. The summed E-state index contributed by atoms with van der Waals surface area (Å²) >= 11 is 0. The monoisotopic (exact) mass is 330 g/mol. The Morgan fingerprint density at radius 1 is 1.21 bits per heavy atom. The Bertz CT molecular complexity index is 681. The van der Waals surface area contributed by atoms with Crippen LogP contribution in [-0.2, 0) is 11.3 Å². The first-order valence-corrected chi connectivity index (χ1v) is 8.46. The van der Waals surface area contributed by atoms with Crippen molar-refractivity contribution in [3.63, 3.8) is 0 Å². The van der Waals surface area contributed by atoms with Gasteiger partial charge >= 0.3 is 0 Å². The average molecular weight is 330 g/mol. The van der Waals surface area contributed by atoms with E-state index in [9.17, 15) is 9.18 Å². The van der Waals surface area contributed by atoms with Gasteiger partial charge in [0.25, 0.3) is 0 Å². The molecular weight excluding hydrogens is 307 g/mol. The van der Waals surface area contributed by atoms with Gasteiger partial charge in [0.05, 0.1) is 12.6 Å². The van der Waals surface area contributed by atoms with E-state index in [1.165, 1.54) is 18.6 Å². The normalized spacial score (nSPS) is 19.0. The number of benzene rings is 1. The Labute approximate surface area is 141 Å². The number of hydrogen-bond donors (Lipinski definition) is 1. The van der Waals surface area contributed by atoms with Crippen molar-refractivity contribution in [3.8, 4) is 11.3 Å². The van der Waals surface area contributed by atoms with E-state index in [0.717, 1.165) is 31.4 Å². The number of hydrogen-bond acceptors (Lipinski definition) is 3. The maximum Gasteiger partial charge on any atom is 0.237 e. The molecule has 0 spiro atoms. The molecule has 1 fully saturated rings. The standard InChI is InChI=1S/C19H23FN2O2/c1-22-12-4-2-3-5-17(22)19(23)21-13-16-10-11-18(24-16)14-6-8-15(20)9-7-14/h6-11,17H,2-5,12-13H2,1H3,(H,21,23). The van der Waals surface area contributed by atoms with Crippen molar-refractivity contribution >= 4 is 5.91 Å². The highest BCUT2D eigenvalue weighted by atomic mass is 19.1. The summed E-state index contributed by atoms with van der Waals surface area (Å²) < 4.78 is 18.7. The molecule has 0 aliphatic carbocycles. The van der Waals surface area contributed by atoms with E-state index in [4.69, 9.17) is 4.42 Å². The van der Waals surface area contributed by atoms with E-state index >= 15 is 0 Å². The van der Waals surface area contributed by atoms with Crippen molar-refractivity contribution in [2.45, 2.75) is 38.3 Å². The summed E-state index contributed by atoms with van der Waals surface area (Å²) in [4.78, 5) is 14.5. The first kappa shape index (κ1) is 16.7. The highest BCUT2D eigenvalue weighted by Gasteiger charge is 2.24. The van der Waals surface area contributed by atoms with Gasteiger partial charge in [0.2, 0.25) is 5.91 Å². The molecule has 24 heavy (non-hydrogen) atoms. The maximum atomic E-state index is 13.0. The number of furan rings is 1. The van der Waals surface area contributed by atoms with Crippen molar-refractivity contribution in [2.75, 3.05) is 13.6 Å². The Balaban J connectivity index is 1.58. The number of rotatable bonds is 4. The van der Waals surface area contributed by atoms with E-state index in [1.54, 1.807) is 12.1 Å². The fourth-order valence-electron chi connectivity index (χ4n) is 3.12. The fraction of sp³-hybridized carbons (Fsp3) is 0.421. The predicted octanol–water partition coefficient (Wildman–Crippen LogP) is 3.58. The Kier molecular flexibility index (Phi) is 5.30. The number of carbonyl (C=O) groups excluding carboxylic acids is 1. The van der Waals surface area contributed by atoms with Crippen molar-refractivity contribution < 1.29 is 13.6 Å². The van der Waals surface area contributed by atoms with Crippen LogP contribution in [0.3, 0.4) is 0 Å². The molecule has 1 N–H and O–H groups in total. The van der Waals surface area contributed by atoms with Gasteiger partial charge < -0.3 is 9.73 Å². The lowest BCUT2D eigenvalue weighted by atomic mass is 10.1. The van der Waals surface area contributed by atoms with E-state index in [2.05, 4.69) is 10.2 Å². The van der Waals surface area contributed by atoms with Gasteiger partial charge in [-0.3, -0.25) is 9.69 Å². The molecule has 128 valence electrons. The van der Waals surface area contributed by atoms with Crippen molar-refractivity contribution in [3.05, 3.63) is 48.0 Å². The SMILES string of the molecule is CN1CCCCCC1C(=O)NCc1ccc(-c2ccc(F)cc2)o1. The summed E-state index contributed by atoms with van der Waals surface area (Å²) in [7, 11) is 2.01. The third kappa shape index (κ3) is 4.03. The number of carbonyl (C=O) groups is 1. The minimum absolute atomic E-state index is 0.0548. The topological polar surface area (TPSA) is 45.5 Å². The van der Waals surface area contributed by atoms with Gasteiger partial charge in [0, 0.05) is 5.56 Å². The molecule has 1 aromatic heterocycles. The Morgan fingerprint density at radius 2 is 2.00 bits per heavy atom. The van der Waals surface area contributed by atoms with Gasteiger partial charge in [-0.05, 0) is 62.8 Å². The maximum absolute atomic E-state index is 13.0. The molecule has 4 nitrogen and oxygen atoms in total. The molecule has 0 bridgehead atoms. The summed E-state index contributed by atoms with van der Waals surface area (Å²) in [5, 5.41) is 2.97. The van der Waals surface area contributed by atoms with Crippen LogP contribution in [0.25, 0.3) is 11.3 Å². The number of likely N-dealkylation sites (N-methyl/N-ethyl adjacent to an activating group) is 1. The highest BCUT2D eigenvalue weighted by molar-refractivity contribution is 5.81. The zero-order valence-corrected chi connectivity index (χ0v) is 13.9. The Hall–Kier alpha value is -2.14. The second kappa shape index (κ2) is 7.62. The smallest absolute Gasteiger partial charge is 0.237 e. The first-order chi connectivity index (χ1) is 11.6. The van der Waals surface area contributed by atoms with Crippen LogP contribution in [0.4, 0.5) is 4.39 Å². The lowest BCUT2D eigenvalue weighted by Crippen LogP contribution is -2.44. The molecule has 0 radical (unpaired) electrons. The molecule has 2 heterocycles. The number of likely N-dealkylation sites (tertiary alicyclic amines) is 1. The number of nitrogens with zero attached hydrogens (tertiary/aromatic N) is 1. The van der Waals surface area contributed by atoms with Crippen LogP contribution in [0, 0.1) is 5.82 Å². The second-order valence-electron chi connectivity index (χ2n) is 6.34. The minimum Gasteiger partial charge on any atom is -0.459 e. The zero-order chi connectivity index (χ0) is 16.9. The van der Waals surface area contributed by atoms with Crippen LogP contribution < -0.4 is 5.32 Å². The molecule has 1 saturated heterocycles. The molecule has 1 atom stereocenters. The van der Waals surface area contributed by atoms with Gasteiger partial charge in [-0.15, -0.1) is 0 Å². The molecule has 2 aromatic rings. The van der Waals surface area contributed by atoms with E-state index in [0.29, 0.717) is 18.1 Å². The molecule has 5 heteroatoms. The predicted molar refractivity (Wildman–Crippen MR) is 90.8 cm³/mol. The largest absolute Gasteiger partial charge is 0.459 e. The van der Waals surface area contributed by atoms with Gasteiger partial charge in [0.15, 0.2) is 0 Å².